The summed E-state index contributed by atoms with van der Waals surface area (Å²) in [5.41, 5.74) is -0.819. The Kier molecular flexibility index (Phi) is 4.29. The van der Waals surface area contributed by atoms with E-state index in [-0.39, 0.29) is 12.3 Å². The number of carbonyl (C=O) groups excluding carboxylic acids is 1. The third-order valence-electron chi connectivity index (χ3n) is 3.29. The summed E-state index contributed by atoms with van der Waals surface area (Å²) in [7, 11) is 0. The molecule has 0 saturated heterocycles. The molecule has 0 atom stereocenters. The summed E-state index contributed by atoms with van der Waals surface area (Å²) in [6.07, 6.45) is 5.57. The highest BCUT2D eigenvalue weighted by Crippen LogP contribution is 2.31. The second-order valence-corrected chi connectivity index (χ2v) is 5.93. The Morgan fingerprint density at radius 3 is 2.72 bits per heavy atom. The molecule has 18 heavy (non-hydrogen) atoms. The molecule has 1 saturated carbocycles. The van der Waals surface area contributed by atoms with Gasteiger partial charge in [0, 0.05) is 0 Å². The smallest absolute Gasteiger partial charge is 0.229 e. The van der Waals surface area contributed by atoms with Crippen LogP contribution in [0, 0.1) is 0 Å². The molecule has 1 aromatic heterocycles. The first-order valence-electron chi connectivity index (χ1n) is 6.46. The fourth-order valence-corrected chi connectivity index (χ4v) is 2.99. The molecule has 1 fully saturated rings. The minimum atomic E-state index is -0.819. The molecule has 0 aliphatic heterocycles. The standard InChI is InChI=1S/C12H19N3O2S/c1-2-10-14-15-11(18-10)13-9(16)8-12(17)6-4-3-5-7-12/h17H,2-8H2,1H3,(H,13,15,16). The van der Waals surface area contributed by atoms with Crippen LogP contribution < -0.4 is 5.32 Å². The predicted octanol–water partition coefficient (Wildman–Crippen LogP) is 2.12. The number of aromatic nitrogens is 2. The normalized spacial score (nSPS) is 18.6. The van der Waals surface area contributed by atoms with E-state index in [0.29, 0.717) is 5.13 Å². The Bertz CT molecular complexity index is 413. The Hall–Kier alpha value is -1.01. The molecule has 0 aromatic carbocycles. The quantitative estimate of drug-likeness (QED) is 0.878. The second kappa shape index (κ2) is 5.75. The molecule has 0 radical (unpaired) electrons. The summed E-state index contributed by atoms with van der Waals surface area (Å²) >= 11 is 1.39. The first-order chi connectivity index (χ1) is 8.61. The number of anilines is 1. The van der Waals surface area contributed by atoms with Gasteiger partial charge in [-0.3, -0.25) is 4.79 Å². The molecule has 1 aromatic rings. The lowest BCUT2D eigenvalue weighted by molar-refractivity contribution is -0.122. The molecule has 1 aliphatic carbocycles. The minimum Gasteiger partial charge on any atom is -0.389 e. The highest BCUT2D eigenvalue weighted by molar-refractivity contribution is 7.15. The van der Waals surface area contributed by atoms with Gasteiger partial charge in [-0.25, -0.2) is 0 Å². The molecule has 5 nitrogen and oxygen atoms in total. The van der Waals surface area contributed by atoms with Crippen molar-refractivity contribution in [3.63, 3.8) is 0 Å². The molecule has 6 heteroatoms. The molecule has 1 amide bonds. The van der Waals surface area contributed by atoms with Crippen molar-refractivity contribution < 1.29 is 9.90 Å². The Morgan fingerprint density at radius 1 is 1.39 bits per heavy atom. The van der Waals surface area contributed by atoms with Crippen molar-refractivity contribution in [1.82, 2.24) is 10.2 Å². The van der Waals surface area contributed by atoms with Gasteiger partial charge in [0.2, 0.25) is 11.0 Å². The lowest BCUT2D eigenvalue weighted by atomic mass is 9.82. The van der Waals surface area contributed by atoms with Crippen molar-refractivity contribution in [2.24, 2.45) is 0 Å². The van der Waals surface area contributed by atoms with Gasteiger partial charge in [-0.15, -0.1) is 10.2 Å². The van der Waals surface area contributed by atoms with E-state index >= 15 is 0 Å². The minimum absolute atomic E-state index is 0.161. The zero-order chi connectivity index (χ0) is 13.0. The summed E-state index contributed by atoms with van der Waals surface area (Å²) < 4.78 is 0. The number of nitrogens with zero attached hydrogens (tertiary/aromatic N) is 2. The summed E-state index contributed by atoms with van der Waals surface area (Å²) in [4.78, 5) is 11.9. The summed E-state index contributed by atoms with van der Waals surface area (Å²) in [5.74, 6) is -0.168. The fourth-order valence-electron chi connectivity index (χ4n) is 2.30. The van der Waals surface area contributed by atoms with Gasteiger partial charge < -0.3 is 10.4 Å². The number of hydrogen-bond acceptors (Lipinski definition) is 5. The first-order valence-corrected chi connectivity index (χ1v) is 7.27. The van der Waals surface area contributed by atoms with Crippen LogP contribution in [0.4, 0.5) is 5.13 Å². The summed E-state index contributed by atoms with van der Waals surface area (Å²) in [6, 6.07) is 0. The van der Waals surface area contributed by atoms with Gasteiger partial charge in [0.05, 0.1) is 12.0 Å². The molecule has 2 rings (SSSR count). The number of aryl methyl sites for hydroxylation is 1. The van der Waals surface area contributed by atoms with E-state index in [2.05, 4.69) is 15.5 Å². The molecule has 0 unspecified atom stereocenters. The highest BCUT2D eigenvalue weighted by Gasteiger charge is 2.31. The number of hydrogen-bond donors (Lipinski definition) is 2. The largest absolute Gasteiger partial charge is 0.389 e. The Labute approximate surface area is 111 Å². The Morgan fingerprint density at radius 2 is 2.11 bits per heavy atom. The van der Waals surface area contributed by atoms with Crippen molar-refractivity contribution in [1.29, 1.82) is 0 Å². The van der Waals surface area contributed by atoms with Crippen LogP contribution in [0.5, 0.6) is 0 Å². The van der Waals surface area contributed by atoms with E-state index in [0.717, 1.165) is 43.5 Å². The lowest BCUT2D eigenvalue weighted by Crippen LogP contribution is -2.35. The fraction of sp³-hybridized carbons (Fsp3) is 0.750. The molecule has 1 heterocycles. The van der Waals surface area contributed by atoms with Crippen LogP contribution in [0.25, 0.3) is 0 Å². The first kappa shape index (κ1) is 13.4. The van der Waals surface area contributed by atoms with Gasteiger partial charge in [0.15, 0.2) is 0 Å². The second-order valence-electron chi connectivity index (χ2n) is 4.86. The van der Waals surface area contributed by atoms with Crippen LogP contribution >= 0.6 is 11.3 Å². The third kappa shape index (κ3) is 3.49. The van der Waals surface area contributed by atoms with E-state index in [1.54, 1.807) is 0 Å². The van der Waals surface area contributed by atoms with Gasteiger partial charge in [0.25, 0.3) is 0 Å². The molecule has 0 spiro atoms. The maximum atomic E-state index is 11.9. The van der Waals surface area contributed by atoms with Gasteiger partial charge in [-0.1, -0.05) is 37.5 Å². The zero-order valence-corrected chi connectivity index (χ0v) is 11.4. The highest BCUT2D eigenvalue weighted by atomic mass is 32.1. The Balaban J connectivity index is 1.87. The van der Waals surface area contributed by atoms with Crippen molar-refractivity contribution in [2.45, 2.75) is 57.5 Å². The molecule has 1 aliphatic rings. The van der Waals surface area contributed by atoms with Gasteiger partial charge >= 0.3 is 0 Å². The van der Waals surface area contributed by atoms with Crippen LogP contribution in [-0.4, -0.2) is 26.8 Å². The van der Waals surface area contributed by atoms with Crippen molar-refractivity contribution in [3.05, 3.63) is 5.01 Å². The van der Waals surface area contributed by atoms with E-state index in [9.17, 15) is 9.90 Å². The summed E-state index contributed by atoms with van der Waals surface area (Å²) in [5, 5.41) is 22.3. The van der Waals surface area contributed by atoms with E-state index in [1.807, 2.05) is 6.92 Å². The number of aliphatic hydroxyl groups is 1. The van der Waals surface area contributed by atoms with Crippen molar-refractivity contribution in [3.8, 4) is 0 Å². The van der Waals surface area contributed by atoms with Crippen molar-refractivity contribution >= 4 is 22.4 Å². The van der Waals surface area contributed by atoms with Gasteiger partial charge in [-0.2, -0.15) is 0 Å². The monoisotopic (exact) mass is 269 g/mol. The number of rotatable bonds is 4. The van der Waals surface area contributed by atoms with E-state index in [1.165, 1.54) is 11.3 Å². The zero-order valence-electron chi connectivity index (χ0n) is 10.6. The topological polar surface area (TPSA) is 75.1 Å². The average Bonchev–Trinajstić information content (AvgIpc) is 2.76. The maximum Gasteiger partial charge on any atom is 0.229 e. The van der Waals surface area contributed by atoms with Crippen LogP contribution in [-0.2, 0) is 11.2 Å². The van der Waals surface area contributed by atoms with Crippen LogP contribution in [0.2, 0.25) is 0 Å². The SMILES string of the molecule is CCc1nnc(NC(=O)CC2(O)CCCCC2)s1. The average molecular weight is 269 g/mol. The predicted molar refractivity (Wildman–Crippen MR) is 70.6 cm³/mol. The molecule has 100 valence electrons. The van der Waals surface area contributed by atoms with E-state index in [4.69, 9.17) is 0 Å². The molecular formula is C12H19N3O2S. The number of carbonyl (C=O) groups is 1. The molecule has 0 bridgehead atoms. The van der Waals surface area contributed by atoms with Crippen molar-refractivity contribution in [2.75, 3.05) is 5.32 Å². The lowest BCUT2D eigenvalue weighted by Gasteiger charge is -2.31. The number of amides is 1. The molecular weight excluding hydrogens is 250 g/mol. The van der Waals surface area contributed by atoms with Crippen LogP contribution in [0.15, 0.2) is 0 Å². The van der Waals surface area contributed by atoms with E-state index < -0.39 is 5.60 Å². The summed E-state index contributed by atoms with van der Waals surface area (Å²) in [6.45, 7) is 2.00. The van der Waals surface area contributed by atoms with Crippen LogP contribution in [0.1, 0.15) is 50.5 Å². The van der Waals surface area contributed by atoms with Gasteiger partial charge in [0.1, 0.15) is 5.01 Å². The van der Waals surface area contributed by atoms with Crippen LogP contribution in [0.3, 0.4) is 0 Å². The third-order valence-corrected chi connectivity index (χ3v) is 4.27. The maximum absolute atomic E-state index is 11.9. The molecule has 2 N–H and O–H groups in total. The number of nitrogens with one attached hydrogen (secondary N) is 1. The van der Waals surface area contributed by atoms with Gasteiger partial charge in [-0.05, 0) is 19.3 Å².